The number of fused-ring (bicyclic) bond motifs is 1. The lowest BCUT2D eigenvalue weighted by Crippen LogP contribution is -2.43. The Labute approximate surface area is 132 Å². The number of aryl methyl sites for hydroxylation is 1. The molecule has 5 heteroatoms. The molecule has 1 aliphatic heterocycles. The first-order chi connectivity index (χ1) is 10.7. The number of rotatable bonds is 6. The fraction of sp³-hybridized carbons (Fsp3) is 0.588. The van der Waals surface area contributed by atoms with E-state index in [1.54, 1.807) is 0 Å². The molecule has 22 heavy (non-hydrogen) atoms. The van der Waals surface area contributed by atoms with Crippen LogP contribution in [-0.2, 0) is 13.1 Å². The zero-order valence-electron chi connectivity index (χ0n) is 13.8. The van der Waals surface area contributed by atoms with Gasteiger partial charge >= 0.3 is 0 Å². The van der Waals surface area contributed by atoms with Crippen molar-refractivity contribution in [3.05, 3.63) is 30.1 Å². The van der Waals surface area contributed by atoms with E-state index in [-0.39, 0.29) is 0 Å². The Kier molecular flexibility index (Phi) is 5.08. The fourth-order valence-corrected chi connectivity index (χ4v) is 3.11. The number of piperazine rings is 1. The van der Waals surface area contributed by atoms with E-state index in [1.165, 1.54) is 11.3 Å². The van der Waals surface area contributed by atoms with E-state index in [4.69, 9.17) is 4.98 Å². The van der Waals surface area contributed by atoms with Crippen LogP contribution in [0, 0.1) is 0 Å². The Morgan fingerprint density at radius 3 is 2.73 bits per heavy atom. The summed E-state index contributed by atoms with van der Waals surface area (Å²) in [5.74, 6) is 1.21. The van der Waals surface area contributed by atoms with Gasteiger partial charge in [-0.2, -0.15) is 0 Å². The lowest BCUT2D eigenvalue weighted by molar-refractivity contribution is 0.225. The molecule has 1 fully saturated rings. The van der Waals surface area contributed by atoms with E-state index in [0.29, 0.717) is 0 Å². The van der Waals surface area contributed by atoms with Crippen LogP contribution in [0.1, 0.15) is 12.2 Å². The lowest BCUT2D eigenvalue weighted by atomic mass is 10.3. The molecule has 0 aliphatic carbocycles. The summed E-state index contributed by atoms with van der Waals surface area (Å²) in [4.78, 5) is 9.64. The van der Waals surface area contributed by atoms with Gasteiger partial charge in [-0.25, -0.2) is 4.98 Å². The average Bonchev–Trinajstić information content (AvgIpc) is 2.86. The highest BCUT2D eigenvalue weighted by atomic mass is 15.2. The van der Waals surface area contributed by atoms with Crippen LogP contribution < -0.4 is 5.32 Å². The van der Waals surface area contributed by atoms with E-state index in [2.05, 4.69) is 58.0 Å². The molecule has 0 spiro atoms. The molecule has 3 rings (SSSR count). The van der Waals surface area contributed by atoms with Gasteiger partial charge in [-0.05, 0) is 39.2 Å². The number of hydrogen-bond donors (Lipinski definition) is 1. The van der Waals surface area contributed by atoms with E-state index in [0.717, 1.165) is 57.8 Å². The van der Waals surface area contributed by atoms with Crippen LogP contribution in [0.15, 0.2) is 24.3 Å². The predicted octanol–water partition coefficient (Wildman–Crippen LogP) is 1.39. The van der Waals surface area contributed by atoms with Crippen molar-refractivity contribution < 1.29 is 0 Å². The van der Waals surface area contributed by atoms with Gasteiger partial charge in [0.2, 0.25) is 0 Å². The zero-order chi connectivity index (χ0) is 15.4. The molecule has 0 saturated carbocycles. The highest BCUT2D eigenvalue weighted by molar-refractivity contribution is 5.75. The minimum Gasteiger partial charge on any atom is -0.327 e. The molecule has 2 aromatic rings. The smallest absolute Gasteiger partial charge is 0.124 e. The molecule has 1 aromatic carbocycles. The van der Waals surface area contributed by atoms with Crippen molar-refractivity contribution in [2.45, 2.75) is 19.5 Å². The van der Waals surface area contributed by atoms with Crippen molar-refractivity contribution in [2.24, 2.45) is 0 Å². The summed E-state index contributed by atoms with van der Waals surface area (Å²) in [6.07, 6.45) is 1.15. The molecular formula is C17H27N5. The van der Waals surface area contributed by atoms with Crippen molar-refractivity contribution in [2.75, 3.05) is 46.8 Å². The van der Waals surface area contributed by atoms with Gasteiger partial charge in [0.05, 0.1) is 17.6 Å². The number of benzene rings is 1. The Bertz CT molecular complexity index is 598. The van der Waals surface area contributed by atoms with Gasteiger partial charge < -0.3 is 14.8 Å². The molecule has 0 amide bonds. The second-order valence-electron chi connectivity index (χ2n) is 6.35. The summed E-state index contributed by atoms with van der Waals surface area (Å²) in [5.41, 5.74) is 2.39. The monoisotopic (exact) mass is 301 g/mol. The van der Waals surface area contributed by atoms with Gasteiger partial charge in [-0.3, -0.25) is 4.90 Å². The fourth-order valence-electron chi connectivity index (χ4n) is 3.11. The Hall–Kier alpha value is -1.43. The third-order valence-corrected chi connectivity index (χ3v) is 4.30. The maximum Gasteiger partial charge on any atom is 0.124 e. The SMILES string of the molecule is CN(C)CCCn1c(CN2CCNCC2)nc2ccccc21. The molecule has 1 aliphatic rings. The molecule has 0 bridgehead atoms. The third kappa shape index (κ3) is 3.66. The summed E-state index contributed by atoms with van der Waals surface area (Å²) in [5, 5.41) is 3.41. The lowest BCUT2D eigenvalue weighted by Gasteiger charge is -2.27. The molecule has 5 nitrogen and oxygen atoms in total. The predicted molar refractivity (Wildman–Crippen MR) is 91.1 cm³/mol. The van der Waals surface area contributed by atoms with Crippen molar-refractivity contribution >= 4 is 11.0 Å². The number of imidazole rings is 1. The van der Waals surface area contributed by atoms with Crippen LogP contribution in [-0.4, -0.2) is 66.2 Å². The van der Waals surface area contributed by atoms with Crippen LogP contribution in [0.4, 0.5) is 0 Å². The minimum absolute atomic E-state index is 0.957. The van der Waals surface area contributed by atoms with Crippen molar-refractivity contribution in [3.8, 4) is 0 Å². The second kappa shape index (κ2) is 7.22. The van der Waals surface area contributed by atoms with E-state index in [1.807, 2.05) is 0 Å². The number of hydrogen-bond acceptors (Lipinski definition) is 4. The quantitative estimate of drug-likeness (QED) is 0.875. The number of aromatic nitrogens is 2. The first-order valence-electron chi connectivity index (χ1n) is 8.26. The minimum atomic E-state index is 0.957. The molecule has 0 unspecified atom stereocenters. The Balaban J connectivity index is 1.80. The molecule has 1 aromatic heterocycles. The summed E-state index contributed by atoms with van der Waals surface area (Å²) >= 11 is 0. The molecule has 1 saturated heterocycles. The molecule has 120 valence electrons. The van der Waals surface area contributed by atoms with E-state index < -0.39 is 0 Å². The van der Waals surface area contributed by atoms with Crippen molar-refractivity contribution in [1.29, 1.82) is 0 Å². The van der Waals surface area contributed by atoms with Crippen LogP contribution in [0.3, 0.4) is 0 Å². The normalized spacial score (nSPS) is 16.7. The first kappa shape index (κ1) is 15.5. The molecule has 0 atom stereocenters. The number of para-hydroxylation sites is 2. The average molecular weight is 301 g/mol. The third-order valence-electron chi connectivity index (χ3n) is 4.30. The molecule has 2 heterocycles. The first-order valence-corrected chi connectivity index (χ1v) is 8.26. The van der Waals surface area contributed by atoms with Gasteiger partial charge in [0.15, 0.2) is 0 Å². The summed E-state index contributed by atoms with van der Waals surface area (Å²) in [6, 6.07) is 8.51. The van der Waals surface area contributed by atoms with Crippen LogP contribution in [0.2, 0.25) is 0 Å². The van der Waals surface area contributed by atoms with E-state index >= 15 is 0 Å². The highest BCUT2D eigenvalue weighted by Gasteiger charge is 2.15. The summed E-state index contributed by atoms with van der Waals surface area (Å²) in [7, 11) is 4.27. The largest absolute Gasteiger partial charge is 0.327 e. The second-order valence-corrected chi connectivity index (χ2v) is 6.35. The van der Waals surface area contributed by atoms with Crippen LogP contribution in [0.25, 0.3) is 11.0 Å². The Morgan fingerprint density at radius 2 is 1.95 bits per heavy atom. The zero-order valence-corrected chi connectivity index (χ0v) is 13.8. The maximum atomic E-state index is 4.89. The number of nitrogens with zero attached hydrogens (tertiary/aromatic N) is 4. The standard InChI is InChI=1S/C17H27N5/c1-20(2)10-5-11-22-16-7-4-3-6-15(16)19-17(22)14-21-12-8-18-9-13-21/h3-4,6-7,18H,5,8-14H2,1-2H3. The highest BCUT2D eigenvalue weighted by Crippen LogP contribution is 2.18. The van der Waals surface area contributed by atoms with Gasteiger partial charge in [0.1, 0.15) is 5.82 Å². The summed E-state index contributed by atoms with van der Waals surface area (Å²) < 4.78 is 2.42. The van der Waals surface area contributed by atoms with Gasteiger partial charge in [0, 0.05) is 32.7 Å². The van der Waals surface area contributed by atoms with Crippen LogP contribution in [0.5, 0.6) is 0 Å². The topological polar surface area (TPSA) is 36.3 Å². The summed E-state index contributed by atoms with van der Waals surface area (Å²) in [6.45, 7) is 7.50. The molecule has 0 radical (unpaired) electrons. The number of nitrogens with one attached hydrogen (secondary N) is 1. The van der Waals surface area contributed by atoms with Crippen LogP contribution >= 0.6 is 0 Å². The maximum absolute atomic E-state index is 4.89. The van der Waals surface area contributed by atoms with Gasteiger partial charge in [-0.15, -0.1) is 0 Å². The van der Waals surface area contributed by atoms with Crippen molar-refractivity contribution in [3.63, 3.8) is 0 Å². The Morgan fingerprint density at radius 1 is 1.18 bits per heavy atom. The van der Waals surface area contributed by atoms with E-state index in [9.17, 15) is 0 Å². The molecular weight excluding hydrogens is 274 g/mol. The van der Waals surface area contributed by atoms with Gasteiger partial charge in [-0.1, -0.05) is 12.1 Å². The van der Waals surface area contributed by atoms with Gasteiger partial charge in [0.25, 0.3) is 0 Å². The molecule has 1 N–H and O–H groups in total. The van der Waals surface area contributed by atoms with Crippen molar-refractivity contribution in [1.82, 2.24) is 24.7 Å².